The van der Waals surface area contributed by atoms with E-state index < -0.39 is 0 Å². The van der Waals surface area contributed by atoms with E-state index in [0.29, 0.717) is 49.9 Å². The largest absolute Gasteiger partial charge is 0.493 e. The molecule has 7 heteroatoms. The number of aliphatic hydroxyl groups is 1. The van der Waals surface area contributed by atoms with Crippen LogP contribution in [0.4, 0.5) is 0 Å². The van der Waals surface area contributed by atoms with E-state index in [0.717, 1.165) is 30.4 Å². The third-order valence-corrected chi connectivity index (χ3v) is 6.09. The number of amides is 2. The average molecular weight is 482 g/mol. The summed E-state index contributed by atoms with van der Waals surface area (Å²) < 4.78 is 6.15. The third kappa shape index (κ3) is 8.67. The maximum atomic E-state index is 13.4. The van der Waals surface area contributed by atoms with Crippen LogP contribution >= 0.6 is 0 Å². The van der Waals surface area contributed by atoms with Gasteiger partial charge in [0.25, 0.3) is 5.91 Å². The highest BCUT2D eigenvalue weighted by Gasteiger charge is 2.23. The summed E-state index contributed by atoms with van der Waals surface area (Å²) in [6.45, 7) is 6.38. The molecule has 35 heavy (non-hydrogen) atoms. The molecule has 1 atom stereocenters. The molecule has 3 rings (SSSR count). The van der Waals surface area contributed by atoms with Crippen LogP contribution in [0.15, 0.2) is 48.5 Å². The molecule has 190 valence electrons. The van der Waals surface area contributed by atoms with Crippen molar-refractivity contribution in [2.45, 2.75) is 58.7 Å². The summed E-state index contributed by atoms with van der Waals surface area (Å²) in [5.74, 6) is 0.746. The molecule has 1 aliphatic heterocycles. The number of hydrogen-bond donors (Lipinski definition) is 3. The Hall–Kier alpha value is -2.90. The van der Waals surface area contributed by atoms with Crippen LogP contribution < -0.4 is 15.4 Å². The Bertz CT molecular complexity index is 948. The van der Waals surface area contributed by atoms with Crippen molar-refractivity contribution in [2.24, 2.45) is 5.92 Å². The Morgan fingerprint density at radius 1 is 1.09 bits per heavy atom. The topological polar surface area (TPSA) is 90.9 Å². The number of rotatable bonds is 7. The molecule has 2 aromatic rings. The predicted octanol–water partition coefficient (Wildman–Crippen LogP) is 3.50. The minimum Gasteiger partial charge on any atom is -0.493 e. The third-order valence-electron chi connectivity index (χ3n) is 6.09. The molecule has 1 aliphatic rings. The fourth-order valence-electron chi connectivity index (χ4n) is 4.39. The summed E-state index contributed by atoms with van der Waals surface area (Å²) >= 11 is 0. The second-order valence-corrected chi connectivity index (χ2v) is 9.65. The Morgan fingerprint density at radius 2 is 1.89 bits per heavy atom. The van der Waals surface area contributed by atoms with Gasteiger partial charge in [-0.25, -0.2) is 0 Å². The van der Waals surface area contributed by atoms with Crippen LogP contribution in [0.25, 0.3) is 0 Å². The number of aliphatic hydroxyl groups excluding tert-OH is 1. The van der Waals surface area contributed by atoms with Gasteiger partial charge in [-0.05, 0) is 49.3 Å². The first kappa shape index (κ1) is 26.7. The molecule has 0 radical (unpaired) electrons. The lowest BCUT2D eigenvalue weighted by molar-refractivity contribution is -0.122. The van der Waals surface area contributed by atoms with E-state index in [1.807, 2.05) is 47.4 Å². The van der Waals surface area contributed by atoms with Gasteiger partial charge in [0.05, 0.1) is 25.8 Å². The monoisotopic (exact) mass is 481 g/mol. The number of ether oxygens (including phenoxy) is 1. The molecule has 0 aromatic heterocycles. The Kier molecular flexibility index (Phi) is 10.6. The minimum absolute atomic E-state index is 0.0261. The van der Waals surface area contributed by atoms with Crippen molar-refractivity contribution in [1.29, 1.82) is 0 Å². The van der Waals surface area contributed by atoms with Crippen LogP contribution in [0.5, 0.6) is 5.75 Å². The summed E-state index contributed by atoms with van der Waals surface area (Å²) in [6, 6.07) is 15.2. The molecule has 0 spiro atoms. The van der Waals surface area contributed by atoms with Gasteiger partial charge in [0.15, 0.2) is 0 Å². The van der Waals surface area contributed by atoms with Crippen molar-refractivity contribution < 1.29 is 19.4 Å². The van der Waals surface area contributed by atoms with E-state index in [9.17, 15) is 14.7 Å². The molecule has 2 amide bonds. The Morgan fingerprint density at radius 3 is 2.63 bits per heavy atom. The first-order valence-corrected chi connectivity index (χ1v) is 12.7. The van der Waals surface area contributed by atoms with Crippen LogP contribution in [-0.2, 0) is 17.9 Å². The number of nitrogens with one attached hydrogen (secondary N) is 2. The van der Waals surface area contributed by atoms with Gasteiger partial charge in [0, 0.05) is 30.8 Å². The van der Waals surface area contributed by atoms with E-state index >= 15 is 0 Å². The summed E-state index contributed by atoms with van der Waals surface area (Å²) in [6.07, 6.45) is 3.42. The highest BCUT2D eigenvalue weighted by atomic mass is 16.5. The van der Waals surface area contributed by atoms with Gasteiger partial charge >= 0.3 is 0 Å². The Balaban J connectivity index is 1.93. The van der Waals surface area contributed by atoms with Crippen LogP contribution in [-0.4, -0.2) is 54.2 Å². The fourth-order valence-corrected chi connectivity index (χ4v) is 4.39. The van der Waals surface area contributed by atoms with Gasteiger partial charge in [0.2, 0.25) is 5.91 Å². The molecular weight excluding hydrogens is 442 g/mol. The molecule has 0 saturated heterocycles. The molecule has 0 unspecified atom stereocenters. The maximum Gasteiger partial charge on any atom is 0.252 e. The number of carbonyl (C=O) groups excluding carboxylic acids is 2. The zero-order chi connectivity index (χ0) is 25.0. The second kappa shape index (κ2) is 13.9. The zero-order valence-electron chi connectivity index (χ0n) is 21.0. The molecule has 0 saturated carbocycles. The van der Waals surface area contributed by atoms with Crippen molar-refractivity contribution in [3.63, 3.8) is 0 Å². The number of benzene rings is 2. The summed E-state index contributed by atoms with van der Waals surface area (Å²) in [4.78, 5) is 28.1. The molecule has 0 bridgehead atoms. The second-order valence-electron chi connectivity index (χ2n) is 9.65. The molecule has 1 heterocycles. The Labute approximate surface area is 208 Å². The van der Waals surface area contributed by atoms with E-state index in [4.69, 9.17) is 4.74 Å². The van der Waals surface area contributed by atoms with Crippen molar-refractivity contribution in [3.05, 3.63) is 65.2 Å². The smallest absolute Gasteiger partial charge is 0.252 e. The van der Waals surface area contributed by atoms with Gasteiger partial charge in [-0.3, -0.25) is 14.5 Å². The number of carbonyl (C=O) groups is 2. The number of nitrogens with zero attached hydrogens (tertiary/aromatic N) is 1. The van der Waals surface area contributed by atoms with Crippen molar-refractivity contribution in [2.75, 3.05) is 26.3 Å². The van der Waals surface area contributed by atoms with E-state index in [1.54, 1.807) is 6.07 Å². The van der Waals surface area contributed by atoms with Crippen molar-refractivity contribution >= 4 is 11.8 Å². The molecule has 3 N–H and O–H groups in total. The minimum atomic E-state index is -0.319. The highest BCUT2D eigenvalue weighted by molar-refractivity contribution is 5.96. The zero-order valence-corrected chi connectivity index (χ0v) is 21.0. The fraction of sp³-hybridized carbons (Fsp3) is 0.500. The first-order valence-electron chi connectivity index (χ1n) is 12.7. The summed E-state index contributed by atoms with van der Waals surface area (Å²) in [5.41, 5.74) is 2.36. The predicted molar refractivity (Wildman–Crippen MR) is 137 cm³/mol. The molecule has 2 aromatic carbocycles. The average Bonchev–Trinajstić information content (AvgIpc) is 2.84. The molecular formula is C28H39N3O4. The van der Waals surface area contributed by atoms with Crippen LogP contribution in [0.3, 0.4) is 0 Å². The molecule has 7 nitrogen and oxygen atoms in total. The number of fused-ring (bicyclic) bond motifs is 1. The molecule has 0 fully saturated rings. The normalized spacial score (nSPS) is 16.6. The van der Waals surface area contributed by atoms with Gasteiger partial charge in [0.1, 0.15) is 5.75 Å². The first-order chi connectivity index (χ1) is 17.0. The number of hydrogen-bond acceptors (Lipinski definition) is 5. The quantitative estimate of drug-likeness (QED) is 0.563. The van der Waals surface area contributed by atoms with E-state index in [1.165, 1.54) is 0 Å². The lowest BCUT2D eigenvalue weighted by Gasteiger charge is -2.25. The van der Waals surface area contributed by atoms with Crippen LogP contribution in [0.1, 0.15) is 61.0 Å². The van der Waals surface area contributed by atoms with E-state index in [2.05, 4.69) is 24.5 Å². The molecule has 0 aliphatic carbocycles. The van der Waals surface area contributed by atoms with Gasteiger partial charge in [-0.2, -0.15) is 0 Å². The summed E-state index contributed by atoms with van der Waals surface area (Å²) in [7, 11) is 0. The van der Waals surface area contributed by atoms with Crippen LogP contribution in [0, 0.1) is 5.92 Å². The summed E-state index contributed by atoms with van der Waals surface area (Å²) in [5, 5.41) is 15.8. The maximum absolute atomic E-state index is 13.4. The van der Waals surface area contributed by atoms with Gasteiger partial charge in [-0.1, -0.05) is 50.2 Å². The lowest BCUT2D eigenvalue weighted by Crippen LogP contribution is -2.40. The van der Waals surface area contributed by atoms with Crippen molar-refractivity contribution in [1.82, 2.24) is 15.5 Å². The highest BCUT2D eigenvalue weighted by Crippen LogP contribution is 2.26. The van der Waals surface area contributed by atoms with Gasteiger partial charge in [-0.15, -0.1) is 0 Å². The SMILES string of the molecule is CC(C)C[C@@H](CO)NC(=O)c1cccc2c1CN(Cc1ccccc1)CC(=O)NCCCCCO2. The van der Waals surface area contributed by atoms with E-state index in [-0.39, 0.29) is 31.0 Å². The van der Waals surface area contributed by atoms with Gasteiger partial charge < -0.3 is 20.5 Å². The van der Waals surface area contributed by atoms with Crippen LogP contribution in [0.2, 0.25) is 0 Å². The van der Waals surface area contributed by atoms with Crippen molar-refractivity contribution in [3.8, 4) is 5.75 Å². The lowest BCUT2D eigenvalue weighted by atomic mass is 10.0. The standard InChI is InChI=1S/C28H39N3O4/c1-21(2)16-23(20-32)30-28(34)24-12-9-13-26-25(24)18-31(17-22-10-5-3-6-11-22)19-27(33)29-14-7-4-8-15-35-26/h3,5-6,9-13,21,23,32H,4,7-8,14-20H2,1-2H3,(H,29,33)(H,30,34)/t23-/m0/s1.